The summed E-state index contributed by atoms with van der Waals surface area (Å²) < 4.78 is 0. The molecule has 2 aliphatic carbocycles. The number of benzene rings is 1. The van der Waals surface area contributed by atoms with E-state index in [1.807, 2.05) is 0 Å². The van der Waals surface area contributed by atoms with Crippen molar-refractivity contribution in [2.45, 2.75) is 32.2 Å². The number of aliphatic hydroxyl groups excluding tert-OH is 2. The van der Waals surface area contributed by atoms with Gasteiger partial charge in [0.1, 0.15) is 0 Å². The van der Waals surface area contributed by atoms with Gasteiger partial charge in [-0.05, 0) is 67.2 Å². The number of hydrogen-bond acceptors (Lipinski definition) is 3. The number of nitrogens with one attached hydrogen (secondary N) is 1. The molecule has 0 aromatic heterocycles. The molecule has 0 spiro atoms. The normalized spacial score (nSPS) is 29.4. The number of carbonyl (C=O) groups is 1. The topological polar surface area (TPSA) is 69.6 Å². The lowest BCUT2D eigenvalue weighted by atomic mass is 9.86. The summed E-state index contributed by atoms with van der Waals surface area (Å²) >= 11 is 5.87. The van der Waals surface area contributed by atoms with Gasteiger partial charge in [-0.2, -0.15) is 0 Å². The van der Waals surface area contributed by atoms with Crippen molar-refractivity contribution >= 4 is 17.5 Å². The van der Waals surface area contributed by atoms with Crippen molar-refractivity contribution in [3.05, 3.63) is 34.9 Å². The van der Waals surface area contributed by atoms with Crippen molar-refractivity contribution in [2.75, 3.05) is 13.2 Å². The van der Waals surface area contributed by atoms with Crippen LogP contribution in [0, 0.1) is 29.6 Å². The fourth-order valence-electron chi connectivity index (χ4n) is 4.59. The Hall–Kier alpha value is -1.10. The van der Waals surface area contributed by atoms with Crippen LogP contribution in [0.4, 0.5) is 0 Å². The second-order valence-corrected chi connectivity index (χ2v) is 7.69. The van der Waals surface area contributed by atoms with E-state index < -0.39 is 0 Å². The summed E-state index contributed by atoms with van der Waals surface area (Å²) in [5.74, 6) is 2.21. The van der Waals surface area contributed by atoms with Crippen molar-refractivity contribution in [1.82, 2.24) is 5.32 Å². The van der Waals surface area contributed by atoms with E-state index in [1.54, 1.807) is 24.3 Å². The van der Waals surface area contributed by atoms with E-state index >= 15 is 0 Å². The maximum absolute atomic E-state index is 12.4. The Bertz CT molecular complexity index is 560. The Labute approximate surface area is 148 Å². The van der Waals surface area contributed by atoms with E-state index in [1.165, 1.54) is 0 Å². The number of fused-ring (bicyclic) bond motifs is 1. The molecule has 132 valence electrons. The van der Waals surface area contributed by atoms with Gasteiger partial charge in [0.2, 0.25) is 0 Å². The molecule has 2 fully saturated rings. The molecule has 0 unspecified atom stereocenters. The lowest BCUT2D eigenvalue weighted by Crippen LogP contribution is -2.37. The van der Waals surface area contributed by atoms with Crippen LogP contribution in [-0.4, -0.2) is 35.4 Å². The third-order valence-corrected chi connectivity index (χ3v) is 6.26. The quantitative estimate of drug-likeness (QED) is 0.707. The van der Waals surface area contributed by atoms with Crippen LogP contribution in [0.2, 0.25) is 5.02 Å². The molecule has 0 bridgehead atoms. The van der Waals surface area contributed by atoms with E-state index in [-0.39, 0.29) is 31.1 Å². The molecule has 1 aromatic carbocycles. The highest BCUT2D eigenvalue weighted by Gasteiger charge is 2.59. The van der Waals surface area contributed by atoms with Gasteiger partial charge >= 0.3 is 0 Å². The van der Waals surface area contributed by atoms with Gasteiger partial charge in [0.05, 0.1) is 0 Å². The Balaban J connectivity index is 1.56. The summed E-state index contributed by atoms with van der Waals surface area (Å²) in [7, 11) is 0. The monoisotopic (exact) mass is 351 g/mol. The largest absolute Gasteiger partial charge is 0.396 e. The average Bonchev–Trinajstić information content (AvgIpc) is 3.07. The van der Waals surface area contributed by atoms with Crippen molar-refractivity contribution in [3.63, 3.8) is 0 Å². The highest BCUT2D eigenvalue weighted by Crippen LogP contribution is 2.62. The van der Waals surface area contributed by atoms with Gasteiger partial charge in [-0.25, -0.2) is 0 Å². The molecule has 1 aromatic rings. The van der Waals surface area contributed by atoms with Gasteiger partial charge < -0.3 is 15.5 Å². The highest BCUT2D eigenvalue weighted by molar-refractivity contribution is 6.30. The third kappa shape index (κ3) is 3.46. The smallest absolute Gasteiger partial charge is 0.251 e. The number of hydrogen-bond donors (Lipinski definition) is 3. The molecule has 0 saturated heterocycles. The molecule has 24 heavy (non-hydrogen) atoms. The number of aliphatic hydroxyl groups is 2. The first-order chi connectivity index (χ1) is 11.6. The minimum Gasteiger partial charge on any atom is -0.396 e. The lowest BCUT2D eigenvalue weighted by Gasteiger charge is -2.25. The number of amides is 1. The molecule has 0 aliphatic heterocycles. The summed E-state index contributed by atoms with van der Waals surface area (Å²) in [6.45, 7) is 2.24. The molecule has 4 nitrogen and oxygen atoms in total. The first-order valence-corrected chi connectivity index (χ1v) is 9.25. The van der Waals surface area contributed by atoms with Gasteiger partial charge in [0.15, 0.2) is 0 Å². The zero-order valence-corrected chi connectivity index (χ0v) is 14.7. The molecule has 5 heteroatoms. The van der Waals surface area contributed by atoms with Crippen molar-refractivity contribution in [1.29, 1.82) is 0 Å². The number of carbonyl (C=O) groups excluding carboxylic acids is 1. The van der Waals surface area contributed by atoms with Crippen LogP contribution in [0.1, 0.15) is 36.5 Å². The maximum Gasteiger partial charge on any atom is 0.251 e. The van der Waals surface area contributed by atoms with E-state index in [4.69, 9.17) is 11.6 Å². The van der Waals surface area contributed by atoms with Gasteiger partial charge in [-0.15, -0.1) is 0 Å². The van der Waals surface area contributed by atoms with Crippen molar-refractivity contribution in [3.8, 4) is 0 Å². The fraction of sp³-hybridized carbons (Fsp3) is 0.632. The van der Waals surface area contributed by atoms with Crippen LogP contribution in [0.25, 0.3) is 0 Å². The summed E-state index contributed by atoms with van der Waals surface area (Å²) in [4.78, 5) is 12.4. The van der Waals surface area contributed by atoms with Crippen LogP contribution in [-0.2, 0) is 0 Å². The van der Waals surface area contributed by atoms with Crippen molar-refractivity contribution in [2.24, 2.45) is 29.6 Å². The van der Waals surface area contributed by atoms with Crippen LogP contribution in [0.15, 0.2) is 24.3 Å². The average molecular weight is 352 g/mol. The molecular formula is C19H26ClNO3. The summed E-state index contributed by atoms with van der Waals surface area (Å²) in [6, 6.07) is 7.17. The summed E-state index contributed by atoms with van der Waals surface area (Å²) in [6.07, 6.45) is 3.05. The Kier molecular flexibility index (Phi) is 5.48. The van der Waals surface area contributed by atoms with Crippen LogP contribution in [0.3, 0.4) is 0 Å². The highest BCUT2D eigenvalue weighted by atomic mass is 35.5. The first-order valence-electron chi connectivity index (χ1n) is 8.87. The predicted molar refractivity (Wildman–Crippen MR) is 93.9 cm³/mol. The predicted octanol–water partition coefficient (Wildman–Crippen LogP) is 2.72. The fourth-order valence-corrected chi connectivity index (χ4v) is 4.72. The summed E-state index contributed by atoms with van der Waals surface area (Å²) in [5.41, 5.74) is 0.641. The van der Waals surface area contributed by atoms with Crippen LogP contribution >= 0.6 is 11.6 Å². The Morgan fingerprint density at radius 2 is 1.79 bits per heavy atom. The second-order valence-electron chi connectivity index (χ2n) is 7.26. The molecule has 1 amide bonds. The van der Waals surface area contributed by atoms with Gasteiger partial charge in [0, 0.05) is 35.8 Å². The molecule has 0 heterocycles. The lowest BCUT2D eigenvalue weighted by molar-refractivity contribution is 0.0910. The van der Waals surface area contributed by atoms with Gasteiger partial charge in [-0.1, -0.05) is 18.5 Å². The van der Waals surface area contributed by atoms with E-state index in [0.29, 0.717) is 34.3 Å². The first kappa shape index (κ1) is 17.7. The van der Waals surface area contributed by atoms with Gasteiger partial charge in [0.25, 0.3) is 5.91 Å². The second kappa shape index (κ2) is 7.42. The molecular weight excluding hydrogens is 326 g/mol. The van der Waals surface area contributed by atoms with Crippen LogP contribution < -0.4 is 5.32 Å². The van der Waals surface area contributed by atoms with Gasteiger partial charge in [-0.3, -0.25) is 4.79 Å². The van der Waals surface area contributed by atoms with Crippen molar-refractivity contribution < 1.29 is 15.0 Å². The zero-order chi connectivity index (χ0) is 17.3. The van der Waals surface area contributed by atoms with E-state index in [2.05, 4.69) is 12.2 Å². The number of halogens is 1. The molecule has 2 saturated carbocycles. The van der Waals surface area contributed by atoms with Crippen LogP contribution in [0.5, 0.6) is 0 Å². The molecule has 3 rings (SSSR count). The van der Waals surface area contributed by atoms with E-state index in [9.17, 15) is 15.0 Å². The molecule has 3 N–H and O–H groups in total. The standard InChI is InChI=1S/C19H26ClNO3/c1-2-17(21-19(24)11-3-5-14(20)6-4-11)18-15-7-12(8-16(15)18)13(9-22)10-23/h3-6,12-13,15-18,22-23H,2,7-10H2,1H3,(H,21,24)/t12-,15-,16+,17-,18+/m1/s1. The Morgan fingerprint density at radius 3 is 2.29 bits per heavy atom. The third-order valence-electron chi connectivity index (χ3n) is 6.01. The maximum atomic E-state index is 12.4. The zero-order valence-electron chi connectivity index (χ0n) is 14.0. The Morgan fingerprint density at radius 1 is 1.21 bits per heavy atom. The minimum atomic E-state index is -0.0383. The molecule has 2 aliphatic rings. The minimum absolute atomic E-state index is 0.0159. The molecule has 5 atom stereocenters. The SMILES string of the molecule is CC[C@@H](NC(=O)c1ccc(Cl)cc1)[C@H]1[C@@H]2C[C@@H](C(CO)CO)C[C@@H]21. The number of rotatable bonds is 7. The summed E-state index contributed by atoms with van der Waals surface area (Å²) in [5, 5.41) is 22.5. The molecule has 0 radical (unpaired) electrons. The van der Waals surface area contributed by atoms with E-state index in [0.717, 1.165) is 19.3 Å².